The lowest BCUT2D eigenvalue weighted by molar-refractivity contribution is 0.110. The van der Waals surface area contributed by atoms with E-state index in [0.29, 0.717) is 29.5 Å². The number of carbonyl (C=O) groups excluding carboxylic acids is 1. The van der Waals surface area contributed by atoms with E-state index in [0.717, 1.165) is 11.1 Å². The van der Waals surface area contributed by atoms with Crippen LogP contribution in [-0.2, 0) is 5.88 Å². The molecule has 0 aliphatic heterocycles. The van der Waals surface area contributed by atoms with E-state index in [9.17, 15) is 4.79 Å². The van der Waals surface area contributed by atoms with Crippen molar-refractivity contribution in [2.24, 2.45) is 0 Å². The third-order valence-electron chi connectivity index (χ3n) is 2.75. The van der Waals surface area contributed by atoms with Gasteiger partial charge in [-0.1, -0.05) is 29.4 Å². The van der Waals surface area contributed by atoms with E-state index in [4.69, 9.17) is 20.5 Å². The Balaban J connectivity index is 1.88. The predicted molar refractivity (Wildman–Crippen MR) is 72.4 cm³/mol. The Hall–Kier alpha value is -2.40. The molecule has 0 aliphatic rings. The zero-order valence-electron chi connectivity index (χ0n) is 10.2. The molecule has 0 amide bonds. The third-order valence-corrected chi connectivity index (χ3v) is 2.98. The van der Waals surface area contributed by atoms with Gasteiger partial charge >= 0.3 is 0 Å². The fourth-order valence-corrected chi connectivity index (χ4v) is 1.89. The van der Waals surface area contributed by atoms with Gasteiger partial charge in [0.25, 0.3) is 0 Å². The fourth-order valence-electron chi connectivity index (χ4n) is 1.78. The SMILES string of the molecule is O=Cc1ccc(-c2ccc(-c3noc(CCl)n3)cc2)o1. The van der Waals surface area contributed by atoms with Crippen LogP contribution in [0.1, 0.15) is 16.4 Å². The Kier molecular flexibility index (Phi) is 3.35. The van der Waals surface area contributed by atoms with Crippen molar-refractivity contribution in [3.8, 4) is 22.7 Å². The van der Waals surface area contributed by atoms with Crippen LogP contribution >= 0.6 is 11.6 Å². The van der Waals surface area contributed by atoms with E-state index >= 15 is 0 Å². The molecule has 0 N–H and O–H groups in total. The summed E-state index contributed by atoms with van der Waals surface area (Å²) >= 11 is 5.61. The highest BCUT2D eigenvalue weighted by molar-refractivity contribution is 6.16. The highest BCUT2D eigenvalue weighted by Gasteiger charge is 2.09. The van der Waals surface area contributed by atoms with Crippen LogP contribution in [0.3, 0.4) is 0 Å². The van der Waals surface area contributed by atoms with Crippen molar-refractivity contribution in [3.05, 3.63) is 48.0 Å². The van der Waals surface area contributed by atoms with Gasteiger partial charge in [-0.2, -0.15) is 4.98 Å². The molecule has 3 aromatic rings. The van der Waals surface area contributed by atoms with Gasteiger partial charge in [0.15, 0.2) is 12.0 Å². The third kappa shape index (κ3) is 2.35. The minimum Gasteiger partial charge on any atom is -0.453 e. The van der Waals surface area contributed by atoms with E-state index < -0.39 is 0 Å². The number of carbonyl (C=O) groups is 1. The molecule has 5 nitrogen and oxygen atoms in total. The standard InChI is InChI=1S/C14H9ClN2O3/c15-7-13-16-14(17-20-13)10-3-1-9(2-4-10)12-6-5-11(8-18)19-12/h1-6,8H,7H2. The van der Waals surface area contributed by atoms with E-state index in [1.807, 2.05) is 24.3 Å². The number of aldehydes is 1. The first-order valence-electron chi connectivity index (χ1n) is 5.84. The van der Waals surface area contributed by atoms with Crippen molar-refractivity contribution >= 4 is 17.9 Å². The number of alkyl halides is 1. The summed E-state index contributed by atoms with van der Waals surface area (Å²) in [5.41, 5.74) is 1.68. The number of aromatic nitrogens is 2. The minimum atomic E-state index is 0.186. The van der Waals surface area contributed by atoms with Gasteiger partial charge in [-0.05, 0) is 12.1 Å². The lowest BCUT2D eigenvalue weighted by Crippen LogP contribution is -1.82. The number of benzene rings is 1. The number of hydrogen-bond donors (Lipinski definition) is 0. The Morgan fingerprint density at radius 3 is 2.45 bits per heavy atom. The molecule has 100 valence electrons. The average Bonchev–Trinajstić information content (AvgIpc) is 3.16. The zero-order valence-corrected chi connectivity index (χ0v) is 11.0. The van der Waals surface area contributed by atoms with E-state index in [2.05, 4.69) is 10.1 Å². The van der Waals surface area contributed by atoms with Crippen molar-refractivity contribution in [2.45, 2.75) is 5.88 Å². The topological polar surface area (TPSA) is 69.1 Å². The van der Waals surface area contributed by atoms with Crippen molar-refractivity contribution in [1.29, 1.82) is 0 Å². The highest BCUT2D eigenvalue weighted by Crippen LogP contribution is 2.24. The first-order chi connectivity index (χ1) is 9.80. The molecule has 0 unspecified atom stereocenters. The minimum absolute atomic E-state index is 0.186. The molecule has 0 bridgehead atoms. The maximum Gasteiger partial charge on any atom is 0.241 e. The summed E-state index contributed by atoms with van der Waals surface area (Å²) in [6.07, 6.45) is 0.671. The van der Waals surface area contributed by atoms with Crippen LogP contribution in [0, 0.1) is 0 Å². The number of rotatable bonds is 4. The summed E-state index contributed by atoms with van der Waals surface area (Å²) < 4.78 is 10.3. The van der Waals surface area contributed by atoms with Gasteiger partial charge in [-0.3, -0.25) is 4.79 Å². The van der Waals surface area contributed by atoms with Crippen molar-refractivity contribution < 1.29 is 13.7 Å². The first kappa shape index (κ1) is 12.6. The molecular formula is C14H9ClN2O3. The Morgan fingerprint density at radius 1 is 1.10 bits per heavy atom. The summed E-state index contributed by atoms with van der Waals surface area (Å²) in [4.78, 5) is 14.7. The van der Waals surface area contributed by atoms with Crippen LogP contribution in [0.2, 0.25) is 0 Å². The molecule has 0 radical (unpaired) electrons. The van der Waals surface area contributed by atoms with Crippen LogP contribution in [0.15, 0.2) is 45.3 Å². The van der Waals surface area contributed by atoms with Gasteiger partial charge in [0.2, 0.25) is 11.7 Å². The Morgan fingerprint density at radius 2 is 1.85 bits per heavy atom. The predicted octanol–water partition coefficient (Wildman–Crippen LogP) is 3.55. The van der Waals surface area contributed by atoms with Crippen molar-refractivity contribution in [1.82, 2.24) is 10.1 Å². The molecule has 2 aromatic heterocycles. The molecule has 20 heavy (non-hydrogen) atoms. The Bertz CT molecular complexity index is 731. The number of hydrogen-bond acceptors (Lipinski definition) is 5. The maximum absolute atomic E-state index is 10.6. The molecule has 2 heterocycles. The van der Waals surface area contributed by atoms with Crippen molar-refractivity contribution in [3.63, 3.8) is 0 Å². The quantitative estimate of drug-likeness (QED) is 0.542. The molecule has 0 atom stereocenters. The second kappa shape index (κ2) is 5.30. The van der Waals surface area contributed by atoms with Gasteiger partial charge in [0.05, 0.1) is 0 Å². The summed E-state index contributed by atoms with van der Waals surface area (Å²) in [6.45, 7) is 0. The zero-order chi connectivity index (χ0) is 13.9. The molecule has 6 heteroatoms. The smallest absolute Gasteiger partial charge is 0.241 e. The molecule has 0 fully saturated rings. The lowest BCUT2D eigenvalue weighted by atomic mass is 10.1. The van der Waals surface area contributed by atoms with E-state index in [1.165, 1.54) is 0 Å². The summed E-state index contributed by atoms with van der Waals surface area (Å²) in [7, 11) is 0. The lowest BCUT2D eigenvalue weighted by Gasteiger charge is -1.98. The molecule has 0 aliphatic carbocycles. The Labute approximate surface area is 119 Å². The number of nitrogens with zero attached hydrogens (tertiary/aromatic N) is 2. The number of halogens is 1. The summed E-state index contributed by atoms with van der Waals surface area (Å²) in [6, 6.07) is 10.8. The molecule has 3 rings (SSSR count). The second-order valence-electron chi connectivity index (χ2n) is 4.04. The van der Waals surface area contributed by atoms with E-state index in [1.54, 1.807) is 12.1 Å². The van der Waals surface area contributed by atoms with Gasteiger partial charge < -0.3 is 8.94 Å². The fraction of sp³-hybridized carbons (Fsp3) is 0.0714. The second-order valence-corrected chi connectivity index (χ2v) is 4.31. The van der Waals surface area contributed by atoms with Gasteiger partial charge in [0.1, 0.15) is 11.6 Å². The maximum atomic E-state index is 10.6. The highest BCUT2D eigenvalue weighted by atomic mass is 35.5. The first-order valence-corrected chi connectivity index (χ1v) is 6.38. The van der Waals surface area contributed by atoms with Crippen LogP contribution in [0.25, 0.3) is 22.7 Å². The van der Waals surface area contributed by atoms with E-state index in [-0.39, 0.29) is 5.88 Å². The molecule has 1 aromatic carbocycles. The number of furan rings is 1. The van der Waals surface area contributed by atoms with Crippen LogP contribution in [0.5, 0.6) is 0 Å². The normalized spacial score (nSPS) is 10.7. The molecule has 0 spiro atoms. The average molecular weight is 289 g/mol. The molecule has 0 saturated heterocycles. The van der Waals surface area contributed by atoms with Crippen molar-refractivity contribution in [2.75, 3.05) is 0 Å². The van der Waals surface area contributed by atoms with Gasteiger partial charge in [-0.15, -0.1) is 11.6 Å². The monoisotopic (exact) mass is 288 g/mol. The molecule has 0 saturated carbocycles. The summed E-state index contributed by atoms with van der Waals surface area (Å²) in [5, 5.41) is 3.84. The molecular weight excluding hydrogens is 280 g/mol. The van der Waals surface area contributed by atoms with Gasteiger partial charge in [-0.25, -0.2) is 0 Å². The van der Waals surface area contributed by atoms with Crippen LogP contribution < -0.4 is 0 Å². The largest absolute Gasteiger partial charge is 0.453 e. The summed E-state index contributed by atoms with van der Waals surface area (Å²) in [5.74, 6) is 1.99. The van der Waals surface area contributed by atoms with Crippen LogP contribution in [-0.4, -0.2) is 16.4 Å². The van der Waals surface area contributed by atoms with Crippen LogP contribution in [0.4, 0.5) is 0 Å². The van der Waals surface area contributed by atoms with Gasteiger partial charge in [0, 0.05) is 11.1 Å².